The predicted octanol–water partition coefficient (Wildman–Crippen LogP) is 20.5. The minimum atomic E-state index is -1.64. The van der Waals surface area contributed by atoms with Crippen LogP contribution in [-0.4, -0.2) is 60.3 Å². The smallest absolute Gasteiger partial charge is 0.0145 e. The van der Waals surface area contributed by atoms with Gasteiger partial charge in [-0.05, 0) is 173 Å². The van der Waals surface area contributed by atoms with Crippen molar-refractivity contribution >= 4 is 72.4 Å². The van der Waals surface area contributed by atoms with Gasteiger partial charge in [-0.25, -0.2) is 0 Å². The fraction of sp³-hybridized carbons (Fsp3) is 0.325. The number of benzene rings is 8. The van der Waals surface area contributed by atoms with Crippen LogP contribution in [0.25, 0.3) is 0 Å². The fourth-order valence-corrected chi connectivity index (χ4v) is 16.8. The number of anilines is 6. The first-order chi connectivity index (χ1) is 43.2. The number of hydrogen-bond donors (Lipinski definition) is 0. The number of aryl methyl sites for hydroxylation is 18. The van der Waals surface area contributed by atoms with Crippen molar-refractivity contribution in [1.82, 2.24) is 0 Å². The summed E-state index contributed by atoms with van der Waals surface area (Å²) < 4.78 is 8.11. The van der Waals surface area contributed by atoms with Crippen LogP contribution in [0.1, 0.15) is 124 Å². The van der Waals surface area contributed by atoms with Crippen molar-refractivity contribution in [2.45, 2.75) is 132 Å². The Morgan fingerprint density at radius 1 is 0.380 bits per heavy atom. The van der Waals surface area contributed by atoms with Crippen LogP contribution in [0.5, 0.6) is 5.75 Å². The fourth-order valence-electron chi connectivity index (χ4n) is 13.7. The first kappa shape index (κ1) is 75.1. The number of halogens is 3. The van der Waals surface area contributed by atoms with E-state index in [0.29, 0.717) is 0 Å². The zero-order valence-electron chi connectivity index (χ0n) is 57.4. The first-order valence-corrected chi connectivity index (χ1v) is 40.0. The number of para-hydroxylation sites is 1. The van der Waals surface area contributed by atoms with Gasteiger partial charge >= 0.3 is 157 Å². The van der Waals surface area contributed by atoms with Gasteiger partial charge in [-0.3, -0.25) is 0 Å². The van der Waals surface area contributed by atoms with Crippen molar-refractivity contribution in [3.63, 3.8) is 0 Å². The molecule has 3 heterocycles. The van der Waals surface area contributed by atoms with E-state index in [4.69, 9.17) is 29.1 Å². The Morgan fingerprint density at radius 3 is 0.891 bits per heavy atom. The Labute approximate surface area is 580 Å². The van der Waals surface area contributed by atoms with Gasteiger partial charge in [-0.2, -0.15) is 38.6 Å². The van der Waals surface area contributed by atoms with Gasteiger partial charge in [0.25, 0.3) is 0 Å². The number of aromatic hydroxyl groups is 1. The van der Waals surface area contributed by atoms with Crippen LogP contribution in [0.3, 0.4) is 0 Å². The van der Waals surface area contributed by atoms with Crippen LogP contribution in [-0.2, 0) is 29.2 Å². The second kappa shape index (κ2) is 34.5. The van der Waals surface area contributed by atoms with Crippen LogP contribution in [0.4, 0.5) is 34.1 Å². The molecule has 0 aromatic heterocycles. The predicted molar refractivity (Wildman–Crippen MR) is 400 cm³/mol. The number of hydrogen-bond acceptors (Lipinski definition) is 6. The molecule has 0 amide bonds. The molecule has 12 heteroatoms. The number of ether oxygens (including phenoxy) is 1. The average Bonchev–Trinajstić information content (AvgIpc) is 1.64. The molecule has 3 aliphatic rings. The standard InChI is InChI=1S/2C21H27N2.C21H26N2.C8H8O.C8H8.CH4.3ClH.2Ru/c3*1-14-9-16(3)20(17(4)10-14)22-7-8-23(13-22)21-18(5)11-15(2)12-19(21)6;1-7-5-3-4-6-8(7)9-2;1-7-5-3-4-6-8(7)2;;;;;;/h2*9-13H,7-8H2,1-6H3;9-13H,3,7-8H2,1-2,4-6H3;1,3-6H,2H3;1,3-6H,2H3;1H4;3*1H;;/q2*-1;-2;;;;;;;+1;+2/p-2. The van der Waals surface area contributed by atoms with Crippen LogP contribution in [0, 0.1) is 152 Å². The summed E-state index contributed by atoms with van der Waals surface area (Å²) in [5, 5.41) is 0. The minimum absolute atomic E-state index is 0. The van der Waals surface area contributed by atoms with Crippen molar-refractivity contribution in [3.8, 4) is 5.75 Å². The van der Waals surface area contributed by atoms with Gasteiger partial charge in [-0.1, -0.05) is 120 Å². The third-order valence-electron chi connectivity index (χ3n) is 16.7. The van der Waals surface area contributed by atoms with Gasteiger partial charge in [0.1, 0.15) is 0 Å². The molecule has 497 valence electrons. The molecule has 0 bridgehead atoms. The molecule has 3 saturated heterocycles. The molecule has 1 N–H and O–H groups in total. The molecule has 8 aromatic carbocycles. The van der Waals surface area contributed by atoms with E-state index in [1.54, 1.807) is 7.11 Å². The molecular formula is C80H101Cl3N6ORu2-3. The summed E-state index contributed by atoms with van der Waals surface area (Å²) in [4.78, 5) is 14.3. The van der Waals surface area contributed by atoms with Crippen molar-refractivity contribution < 1.29 is 33.9 Å². The summed E-state index contributed by atoms with van der Waals surface area (Å²) in [5.74, 6) is 1.02. The molecule has 0 spiro atoms. The quantitative estimate of drug-likeness (QED) is 0.0814. The summed E-state index contributed by atoms with van der Waals surface area (Å²) in [6.45, 7) is 56.6. The summed E-state index contributed by atoms with van der Waals surface area (Å²) >= 11 is -1.80. The number of rotatable bonds is 9. The van der Waals surface area contributed by atoms with E-state index in [-0.39, 0.29) is 23.1 Å². The molecule has 3 aliphatic heterocycles. The van der Waals surface area contributed by atoms with E-state index in [0.717, 1.165) is 61.7 Å². The van der Waals surface area contributed by atoms with Gasteiger partial charge < -0.3 is 29.4 Å². The molecule has 0 radical (unpaired) electrons. The van der Waals surface area contributed by atoms with E-state index < -0.39 is 13.5 Å². The van der Waals surface area contributed by atoms with Crippen LogP contribution < -0.4 is 29.4 Å². The Morgan fingerprint density at radius 2 is 0.630 bits per heavy atom. The third-order valence-corrected chi connectivity index (χ3v) is 19.7. The Balaban J connectivity index is 0.000000188. The normalized spacial score (nSPS) is 13.7. The van der Waals surface area contributed by atoms with Gasteiger partial charge in [0, 0.05) is 61.2 Å². The van der Waals surface area contributed by atoms with Gasteiger partial charge in [-0.15, -0.1) is 5.56 Å². The van der Waals surface area contributed by atoms with Gasteiger partial charge in [0.15, 0.2) is 0 Å². The van der Waals surface area contributed by atoms with Crippen molar-refractivity contribution in [1.29, 1.82) is 0 Å². The molecule has 0 aliphatic carbocycles. The van der Waals surface area contributed by atoms with E-state index >= 15 is 0 Å². The van der Waals surface area contributed by atoms with Crippen LogP contribution in [0.15, 0.2) is 121 Å². The molecule has 3 fully saturated rings. The molecule has 92 heavy (non-hydrogen) atoms. The number of nitrogens with zero attached hydrogens (tertiary/aromatic N) is 6. The van der Waals surface area contributed by atoms with Crippen LogP contribution in [0.2, 0.25) is 0 Å². The Hall–Kier alpha value is -5.91. The summed E-state index contributed by atoms with van der Waals surface area (Å²) in [6.07, 6.45) is 0. The van der Waals surface area contributed by atoms with Crippen molar-refractivity contribution in [2.75, 3.05) is 75.8 Å². The maximum Gasteiger partial charge on any atom is 0.0145 e. The van der Waals surface area contributed by atoms with Gasteiger partial charge in [0.2, 0.25) is 0 Å². The third kappa shape index (κ3) is 19.6. The minimum Gasteiger partial charge on any atom is -0.555 e. The van der Waals surface area contributed by atoms with E-state index in [1.807, 2.05) is 51.7 Å². The molecule has 11 rings (SSSR count). The summed E-state index contributed by atoms with van der Waals surface area (Å²) in [6, 6.07) is 43.2. The average molecular weight is 1470 g/mol. The molecule has 0 atom stereocenters. The van der Waals surface area contributed by atoms with Gasteiger partial charge in [0.05, 0.1) is 0 Å². The SMILES string of the molecule is C.C[OH+]c1ccccc1[CH]=[Ru][Cl].Cc1cc(C)c(N2[CH-]N(c3c(C)cc(C)cc3C)CC2)c(C)c1.Cc1cc(C)c(N2[CH-]N(c3c(C)cc(C)cc3C)CC2)c(C)c1.Cc1ccccc1[CH]=[Ru]([Cl])[Cl].[CH2-]c1cc(C)cc(C)c1N1[CH-]N(c2c(C)cc(C)cc2C)CC1. The molecule has 0 unspecified atom stereocenters. The zero-order valence-corrected chi connectivity index (χ0v) is 63.1. The Bertz CT molecular complexity index is 3270. The summed E-state index contributed by atoms with van der Waals surface area (Å²) in [5.41, 5.74) is 35.5. The van der Waals surface area contributed by atoms with Crippen molar-refractivity contribution in [3.05, 3.63) is 265 Å². The first-order valence-electron chi connectivity index (χ1n) is 31.3. The molecular weight excluding hydrogens is 1370 g/mol. The molecule has 0 saturated carbocycles. The van der Waals surface area contributed by atoms with Crippen molar-refractivity contribution in [2.24, 2.45) is 0 Å². The maximum atomic E-state index is 5.74. The maximum absolute atomic E-state index is 5.74. The topological polar surface area (TPSA) is 32.2 Å². The van der Waals surface area contributed by atoms with E-state index in [1.165, 1.54) is 134 Å². The second-order valence-corrected chi connectivity index (χ2v) is 32.5. The second-order valence-electron chi connectivity index (χ2n) is 25.0. The monoisotopic (exact) mass is 1470 g/mol. The van der Waals surface area contributed by atoms with Crippen LogP contribution >= 0.6 is 29.1 Å². The van der Waals surface area contributed by atoms with E-state index in [2.05, 4.69) is 265 Å². The molecule has 8 aromatic rings. The summed E-state index contributed by atoms with van der Waals surface area (Å²) in [7, 11) is 18.9. The largest absolute Gasteiger partial charge is 0.555 e. The molecule has 7 nitrogen and oxygen atoms in total. The Kier molecular flexibility index (Phi) is 28.2. The number of aliphatic hydroxyl groups is 1. The van der Waals surface area contributed by atoms with E-state index in [9.17, 15) is 0 Å². The zero-order chi connectivity index (χ0) is 66.5.